The molecule has 3 atom stereocenters. The van der Waals surface area contributed by atoms with Gasteiger partial charge in [-0.15, -0.1) is 0 Å². The first-order valence-electron chi connectivity index (χ1n) is 7.21. The Morgan fingerprint density at radius 1 is 1.21 bits per heavy atom. The summed E-state index contributed by atoms with van der Waals surface area (Å²) in [6.07, 6.45) is 3.87. The van der Waals surface area contributed by atoms with Gasteiger partial charge in [0.15, 0.2) is 5.11 Å². The molecular weight excluding hydrogens is 252 g/mol. The van der Waals surface area contributed by atoms with Crippen LogP contribution in [0.2, 0.25) is 0 Å². The van der Waals surface area contributed by atoms with Crippen LogP contribution in [0.25, 0.3) is 0 Å². The van der Waals surface area contributed by atoms with E-state index in [4.69, 9.17) is 12.2 Å². The summed E-state index contributed by atoms with van der Waals surface area (Å²) >= 11 is 5.45. The second kappa shape index (κ2) is 6.38. The molecule has 0 amide bonds. The summed E-state index contributed by atoms with van der Waals surface area (Å²) in [6, 6.07) is 8.74. The van der Waals surface area contributed by atoms with Crippen molar-refractivity contribution >= 4 is 23.0 Å². The van der Waals surface area contributed by atoms with E-state index in [1.165, 1.54) is 24.8 Å². The highest BCUT2D eigenvalue weighted by atomic mass is 32.1. The van der Waals surface area contributed by atoms with E-state index < -0.39 is 0 Å². The standard InChI is InChI=1S/C16H24N2S/c1-11-8-6-10-15(13(11)3)18-16(19)17-14-9-5-4-7-12(14)2/h4-5,7,9,11,13,15H,6,8,10H2,1-3H3,(H2,17,18,19)/t11-,13-,15-/m1/s1. The Labute approximate surface area is 122 Å². The molecule has 0 saturated heterocycles. The summed E-state index contributed by atoms with van der Waals surface area (Å²) in [7, 11) is 0. The minimum atomic E-state index is 0.507. The van der Waals surface area contributed by atoms with Crippen molar-refractivity contribution in [2.45, 2.75) is 46.1 Å². The fraction of sp³-hybridized carbons (Fsp3) is 0.562. The van der Waals surface area contributed by atoms with Crippen LogP contribution in [0.1, 0.15) is 38.7 Å². The first-order valence-corrected chi connectivity index (χ1v) is 7.62. The van der Waals surface area contributed by atoms with Gasteiger partial charge in [0.2, 0.25) is 0 Å². The number of thiocarbonyl (C=S) groups is 1. The van der Waals surface area contributed by atoms with E-state index in [0.29, 0.717) is 12.0 Å². The minimum Gasteiger partial charge on any atom is -0.359 e. The Kier molecular flexibility index (Phi) is 4.81. The molecule has 1 aromatic carbocycles. The van der Waals surface area contributed by atoms with E-state index in [-0.39, 0.29) is 0 Å². The number of benzene rings is 1. The number of rotatable bonds is 2. The zero-order valence-corrected chi connectivity index (χ0v) is 12.9. The lowest BCUT2D eigenvalue weighted by Gasteiger charge is -2.35. The van der Waals surface area contributed by atoms with E-state index in [1.807, 2.05) is 12.1 Å². The van der Waals surface area contributed by atoms with Crippen LogP contribution in [0.4, 0.5) is 5.69 Å². The highest BCUT2D eigenvalue weighted by Gasteiger charge is 2.27. The summed E-state index contributed by atoms with van der Waals surface area (Å²) in [5.74, 6) is 1.47. The van der Waals surface area contributed by atoms with Crippen LogP contribution in [0.15, 0.2) is 24.3 Å². The molecule has 19 heavy (non-hydrogen) atoms. The lowest BCUT2D eigenvalue weighted by molar-refractivity contribution is 0.225. The zero-order valence-electron chi connectivity index (χ0n) is 12.1. The SMILES string of the molecule is Cc1ccccc1NC(=S)N[C@@H]1CCC[C@@H](C)[C@H]1C. The van der Waals surface area contributed by atoms with Gasteiger partial charge in [-0.2, -0.15) is 0 Å². The van der Waals surface area contributed by atoms with Crippen LogP contribution in [-0.2, 0) is 0 Å². The number of para-hydroxylation sites is 1. The number of hydrogen-bond acceptors (Lipinski definition) is 1. The van der Waals surface area contributed by atoms with Crippen LogP contribution < -0.4 is 10.6 Å². The molecule has 0 radical (unpaired) electrons. The smallest absolute Gasteiger partial charge is 0.171 e. The second-order valence-corrected chi connectivity index (χ2v) is 6.20. The molecule has 1 aromatic rings. The van der Waals surface area contributed by atoms with Crippen LogP contribution in [0.5, 0.6) is 0 Å². The number of hydrogen-bond donors (Lipinski definition) is 2. The molecule has 2 rings (SSSR count). The topological polar surface area (TPSA) is 24.1 Å². The molecule has 1 fully saturated rings. The van der Waals surface area contributed by atoms with Crippen molar-refractivity contribution in [3.05, 3.63) is 29.8 Å². The van der Waals surface area contributed by atoms with Crippen molar-refractivity contribution in [3.63, 3.8) is 0 Å². The molecule has 1 aliphatic rings. The van der Waals surface area contributed by atoms with Crippen molar-refractivity contribution in [2.24, 2.45) is 11.8 Å². The van der Waals surface area contributed by atoms with E-state index >= 15 is 0 Å². The number of nitrogens with one attached hydrogen (secondary N) is 2. The summed E-state index contributed by atoms with van der Waals surface area (Å²) in [6.45, 7) is 6.77. The van der Waals surface area contributed by atoms with E-state index in [9.17, 15) is 0 Å². The van der Waals surface area contributed by atoms with Gasteiger partial charge in [0.25, 0.3) is 0 Å². The largest absolute Gasteiger partial charge is 0.359 e. The maximum Gasteiger partial charge on any atom is 0.171 e. The maximum absolute atomic E-state index is 5.45. The van der Waals surface area contributed by atoms with Crippen molar-refractivity contribution in [1.82, 2.24) is 5.32 Å². The van der Waals surface area contributed by atoms with Crippen molar-refractivity contribution in [3.8, 4) is 0 Å². The molecule has 0 heterocycles. The highest BCUT2D eigenvalue weighted by Crippen LogP contribution is 2.29. The van der Waals surface area contributed by atoms with Gasteiger partial charge in [-0.25, -0.2) is 0 Å². The number of aryl methyl sites for hydroxylation is 1. The molecule has 2 nitrogen and oxygen atoms in total. The van der Waals surface area contributed by atoms with Crippen LogP contribution >= 0.6 is 12.2 Å². The van der Waals surface area contributed by atoms with Gasteiger partial charge in [-0.3, -0.25) is 0 Å². The molecule has 0 bridgehead atoms. The van der Waals surface area contributed by atoms with Crippen molar-refractivity contribution < 1.29 is 0 Å². The second-order valence-electron chi connectivity index (χ2n) is 5.79. The van der Waals surface area contributed by atoms with Crippen LogP contribution in [0, 0.1) is 18.8 Å². The molecular formula is C16H24N2S. The van der Waals surface area contributed by atoms with Gasteiger partial charge in [-0.1, -0.05) is 44.9 Å². The van der Waals surface area contributed by atoms with Crippen molar-refractivity contribution in [2.75, 3.05) is 5.32 Å². The Balaban J connectivity index is 1.93. The predicted octanol–water partition coefficient (Wildman–Crippen LogP) is 4.11. The summed E-state index contributed by atoms with van der Waals surface area (Å²) < 4.78 is 0. The zero-order chi connectivity index (χ0) is 13.8. The predicted molar refractivity (Wildman–Crippen MR) is 86.5 cm³/mol. The highest BCUT2D eigenvalue weighted by molar-refractivity contribution is 7.80. The molecule has 2 N–H and O–H groups in total. The Morgan fingerprint density at radius 3 is 2.68 bits per heavy atom. The monoisotopic (exact) mass is 276 g/mol. The number of anilines is 1. The van der Waals surface area contributed by atoms with E-state index in [0.717, 1.165) is 16.7 Å². The van der Waals surface area contributed by atoms with Gasteiger partial charge < -0.3 is 10.6 Å². The summed E-state index contributed by atoms with van der Waals surface area (Å²) in [5.41, 5.74) is 2.31. The fourth-order valence-corrected chi connectivity index (χ4v) is 3.09. The molecule has 1 aliphatic carbocycles. The summed E-state index contributed by atoms with van der Waals surface area (Å²) in [5, 5.41) is 7.56. The molecule has 0 aliphatic heterocycles. The lowest BCUT2D eigenvalue weighted by atomic mass is 9.78. The summed E-state index contributed by atoms with van der Waals surface area (Å²) in [4.78, 5) is 0. The quantitative estimate of drug-likeness (QED) is 0.795. The van der Waals surface area contributed by atoms with Gasteiger partial charge in [0.1, 0.15) is 0 Å². The Hall–Kier alpha value is -1.09. The minimum absolute atomic E-state index is 0.507. The molecule has 104 valence electrons. The molecule has 0 unspecified atom stereocenters. The normalized spacial score (nSPS) is 26.8. The average Bonchev–Trinajstić information content (AvgIpc) is 2.38. The van der Waals surface area contributed by atoms with Crippen LogP contribution in [-0.4, -0.2) is 11.2 Å². The van der Waals surface area contributed by atoms with Gasteiger partial charge >= 0.3 is 0 Å². The van der Waals surface area contributed by atoms with E-state index in [2.05, 4.69) is 43.5 Å². The third kappa shape index (κ3) is 3.69. The maximum atomic E-state index is 5.45. The van der Waals surface area contributed by atoms with Crippen LogP contribution in [0.3, 0.4) is 0 Å². The first kappa shape index (κ1) is 14.3. The van der Waals surface area contributed by atoms with Crippen molar-refractivity contribution in [1.29, 1.82) is 0 Å². The van der Waals surface area contributed by atoms with Gasteiger partial charge in [0, 0.05) is 11.7 Å². The van der Waals surface area contributed by atoms with E-state index in [1.54, 1.807) is 0 Å². The molecule has 0 spiro atoms. The third-order valence-electron chi connectivity index (χ3n) is 4.42. The Bertz CT molecular complexity index is 444. The Morgan fingerprint density at radius 2 is 1.95 bits per heavy atom. The average molecular weight is 276 g/mol. The third-order valence-corrected chi connectivity index (χ3v) is 4.64. The fourth-order valence-electron chi connectivity index (χ4n) is 2.83. The lowest BCUT2D eigenvalue weighted by Crippen LogP contribution is -2.45. The van der Waals surface area contributed by atoms with Gasteiger partial charge in [-0.05, 0) is 49.0 Å². The molecule has 0 aromatic heterocycles. The molecule has 3 heteroatoms. The van der Waals surface area contributed by atoms with Gasteiger partial charge in [0.05, 0.1) is 0 Å². The first-order chi connectivity index (χ1) is 9.08. The molecule has 1 saturated carbocycles.